The lowest BCUT2D eigenvalue weighted by molar-refractivity contribution is -0.148. The Labute approximate surface area is 162 Å². The van der Waals surface area contributed by atoms with Crippen LogP contribution in [0.5, 0.6) is 0 Å². The van der Waals surface area contributed by atoms with Gasteiger partial charge in [-0.3, -0.25) is 4.79 Å². The molecule has 1 atom stereocenters. The Morgan fingerprint density at radius 1 is 1.22 bits per heavy atom. The van der Waals surface area contributed by atoms with Crippen molar-refractivity contribution >= 4 is 11.8 Å². The molecule has 27 heavy (non-hydrogen) atoms. The van der Waals surface area contributed by atoms with E-state index in [1.807, 2.05) is 30.0 Å². The van der Waals surface area contributed by atoms with E-state index in [1.165, 1.54) is 31.9 Å². The summed E-state index contributed by atoms with van der Waals surface area (Å²) in [4.78, 5) is 19.6. The Balaban J connectivity index is 1.93. The molecular formula is C23H30N2O2. The zero-order valence-corrected chi connectivity index (χ0v) is 16.2. The molecule has 1 aromatic carbocycles. The highest BCUT2D eigenvalue weighted by molar-refractivity contribution is 6.02. The summed E-state index contributed by atoms with van der Waals surface area (Å²) >= 11 is 0. The van der Waals surface area contributed by atoms with E-state index in [0.29, 0.717) is 36.7 Å². The largest absolute Gasteiger partial charge is 0.465 e. The zero-order chi connectivity index (χ0) is 19.2. The molecule has 0 aromatic heterocycles. The molecule has 2 aliphatic rings. The minimum atomic E-state index is -0.357. The molecular weight excluding hydrogens is 336 g/mol. The van der Waals surface area contributed by atoms with Gasteiger partial charge in [0.05, 0.1) is 6.61 Å². The average molecular weight is 367 g/mol. The number of hydrogen-bond acceptors (Lipinski definition) is 3. The van der Waals surface area contributed by atoms with Gasteiger partial charge in [0.25, 0.3) is 0 Å². The highest BCUT2D eigenvalue weighted by Crippen LogP contribution is 2.53. The second-order valence-corrected chi connectivity index (χ2v) is 7.45. The fourth-order valence-electron chi connectivity index (χ4n) is 4.00. The lowest BCUT2D eigenvalue weighted by Gasteiger charge is -2.32. The predicted octanol–water partition coefficient (Wildman–Crippen LogP) is 4.79. The Kier molecular flexibility index (Phi) is 6.49. The van der Waals surface area contributed by atoms with Crippen molar-refractivity contribution in [3.05, 3.63) is 61.5 Å². The normalized spacial score (nSPS) is 18.1. The zero-order valence-electron chi connectivity index (χ0n) is 16.2. The number of carbonyl (C=O) groups is 1. The molecule has 3 rings (SSSR count). The van der Waals surface area contributed by atoms with Crippen molar-refractivity contribution in [1.29, 1.82) is 0 Å². The molecule has 0 N–H and O–H groups in total. The number of carbonyl (C=O) groups excluding carboxylic acids is 1. The third kappa shape index (κ3) is 4.88. The lowest BCUT2D eigenvalue weighted by atomic mass is 9.82. The van der Waals surface area contributed by atoms with Gasteiger partial charge >= 0.3 is 5.97 Å². The fourth-order valence-corrected chi connectivity index (χ4v) is 4.00. The van der Waals surface area contributed by atoms with Crippen LogP contribution in [0, 0.1) is 23.7 Å². The minimum Gasteiger partial charge on any atom is -0.465 e. The Bertz CT molecular complexity index is 678. The predicted molar refractivity (Wildman–Crippen MR) is 109 cm³/mol. The first-order valence-corrected chi connectivity index (χ1v) is 9.97. The van der Waals surface area contributed by atoms with E-state index >= 15 is 0 Å². The molecule has 0 radical (unpaired) electrons. The van der Waals surface area contributed by atoms with Crippen LogP contribution in [0.4, 0.5) is 0 Å². The molecule has 2 aliphatic carbocycles. The van der Waals surface area contributed by atoms with Crippen LogP contribution in [0.25, 0.3) is 0 Å². The molecule has 2 saturated carbocycles. The van der Waals surface area contributed by atoms with Gasteiger partial charge in [0, 0.05) is 12.7 Å². The molecule has 1 unspecified atom stereocenters. The van der Waals surface area contributed by atoms with Crippen molar-refractivity contribution in [3.63, 3.8) is 0 Å². The van der Waals surface area contributed by atoms with Gasteiger partial charge in [-0.2, -0.15) is 0 Å². The van der Waals surface area contributed by atoms with Gasteiger partial charge in [-0.05, 0) is 62.1 Å². The van der Waals surface area contributed by atoms with Crippen molar-refractivity contribution in [2.24, 2.45) is 28.7 Å². The van der Waals surface area contributed by atoms with Crippen molar-refractivity contribution < 1.29 is 9.53 Å². The van der Waals surface area contributed by atoms with E-state index in [1.54, 1.807) is 6.20 Å². The fraction of sp³-hybridized carbons (Fsp3) is 0.478. The second kappa shape index (κ2) is 9.03. The number of ether oxygens (including phenoxy) is 1. The Hall–Kier alpha value is -2.36. The molecule has 1 aromatic rings. The van der Waals surface area contributed by atoms with Gasteiger partial charge in [0.15, 0.2) is 0 Å². The molecule has 0 spiro atoms. The maximum atomic E-state index is 13.0. The van der Waals surface area contributed by atoms with Crippen molar-refractivity contribution in [2.45, 2.75) is 39.2 Å². The first kappa shape index (κ1) is 19.4. The van der Waals surface area contributed by atoms with Crippen LogP contribution in [0.2, 0.25) is 0 Å². The van der Waals surface area contributed by atoms with Crippen LogP contribution in [0.1, 0.15) is 38.2 Å². The molecule has 0 bridgehead atoms. The van der Waals surface area contributed by atoms with Crippen molar-refractivity contribution in [3.8, 4) is 0 Å². The quantitative estimate of drug-likeness (QED) is 0.340. The number of rotatable bonds is 10. The van der Waals surface area contributed by atoms with Gasteiger partial charge < -0.3 is 9.64 Å². The SMILES string of the molecule is C=C/N=C(/C(C(=O)OCC)C(C1CC1)C1CC1)N(C=C)Cc1ccccc1. The van der Waals surface area contributed by atoms with E-state index in [9.17, 15) is 4.79 Å². The van der Waals surface area contributed by atoms with Crippen LogP contribution >= 0.6 is 0 Å². The lowest BCUT2D eigenvalue weighted by Crippen LogP contribution is -2.42. The number of amidine groups is 1. The van der Waals surface area contributed by atoms with Crippen LogP contribution in [-0.2, 0) is 16.1 Å². The summed E-state index contributed by atoms with van der Waals surface area (Å²) in [6.45, 7) is 10.6. The molecule has 4 heteroatoms. The summed E-state index contributed by atoms with van der Waals surface area (Å²) in [6.07, 6.45) is 8.09. The van der Waals surface area contributed by atoms with Gasteiger partial charge in [-0.15, -0.1) is 0 Å². The van der Waals surface area contributed by atoms with Gasteiger partial charge in [-0.25, -0.2) is 4.99 Å². The maximum Gasteiger partial charge on any atom is 0.316 e. The molecule has 2 fully saturated rings. The summed E-state index contributed by atoms with van der Waals surface area (Å²) in [7, 11) is 0. The van der Waals surface area contributed by atoms with Gasteiger partial charge in [-0.1, -0.05) is 43.5 Å². The minimum absolute atomic E-state index is 0.165. The van der Waals surface area contributed by atoms with Crippen LogP contribution < -0.4 is 0 Å². The highest BCUT2D eigenvalue weighted by atomic mass is 16.5. The number of esters is 1. The highest BCUT2D eigenvalue weighted by Gasteiger charge is 2.50. The molecule has 4 nitrogen and oxygen atoms in total. The Morgan fingerprint density at radius 2 is 1.85 bits per heavy atom. The van der Waals surface area contributed by atoms with E-state index in [4.69, 9.17) is 4.74 Å². The van der Waals surface area contributed by atoms with Crippen LogP contribution in [0.3, 0.4) is 0 Å². The van der Waals surface area contributed by atoms with Crippen LogP contribution in [-0.4, -0.2) is 23.3 Å². The number of nitrogens with zero attached hydrogens (tertiary/aromatic N) is 2. The molecule has 0 saturated heterocycles. The van der Waals surface area contributed by atoms with Gasteiger partial charge in [0.1, 0.15) is 11.8 Å². The molecule has 0 amide bonds. The third-order valence-corrected chi connectivity index (χ3v) is 5.47. The third-order valence-electron chi connectivity index (χ3n) is 5.47. The Morgan fingerprint density at radius 3 is 2.33 bits per heavy atom. The first-order valence-electron chi connectivity index (χ1n) is 9.97. The summed E-state index contributed by atoms with van der Waals surface area (Å²) < 4.78 is 5.50. The molecule has 0 heterocycles. The van der Waals surface area contributed by atoms with Gasteiger partial charge in [0.2, 0.25) is 0 Å². The number of aliphatic imine (C=N–C) groups is 1. The summed E-state index contributed by atoms with van der Waals surface area (Å²) in [5.41, 5.74) is 1.14. The number of benzene rings is 1. The standard InChI is InChI=1S/C23H30N2O2/c1-4-24-22(25(5-2)16-17-10-8-7-9-11-17)21(23(26)27-6-3)20(18-12-13-18)19-14-15-19/h4-5,7-11,18-21H,1-2,6,12-16H2,3H3/b24-22-. The monoisotopic (exact) mass is 366 g/mol. The summed E-state index contributed by atoms with van der Waals surface area (Å²) in [5.74, 6) is 1.70. The van der Waals surface area contributed by atoms with Crippen molar-refractivity contribution in [2.75, 3.05) is 6.61 Å². The average Bonchev–Trinajstić information content (AvgIpc) is 3.57. The summed E-state index contributed by atoms with van der Waals surface area (Å²) in [5, 5.41) is 0. The van der Waals surface area contributed by atoms with E-state index < -0.39 is 0 Å². The van der Waals surface area contributed by atoms with Crippen molar-refractivity contribution in [1.82, 2.24) is 4.90 Å². The molecule has 0 aliphatic heterocycles. The molecule has 144 valence electrons. The maximum absolute atomic E-state index is 13.0. The first-order chi connectivity index (χ1) is 13.2. The van der Waals surface area contributed by atoms with E-state index in [2.05, 4.69) is 30.3 Å². The summed E-state index contributed by atoms with van der Waals surface area (Å²) in [6, 6.07) is 10.2. The van der Waals surface area contributed by atoms with E-state index in [-0.39, 0.29) is 11.9 Å². The number of hydrogen-bond donors (Lipinski definition) is 0. The van der Waals surface area contributed by atoms with E-state index in [0.717, 1.165) is 5.56 Å². The van der Waals surface area contributed by atoms with Crippen LogP contribution in [0.15, 0.2) is 60.9 Å². The smallest absolute Gasteiger partial charge is 0.316 e. The second-order valence-electron chi connectivity index (χ2n) is 7.45. The topological polar surface area (TPSA) is 41.9 Å².